The summed E-state index contributed by atoms with van der Waals surface area (Å²) >= 11 is 0. The first kappa shape index (κ1) is 30.3. The average Bonchev–Trinajstić information content (AvgIpc) is 3.52. The second-order valence-corrected chi connectivity index (χ2v) is 12.2. The van der Waals surface area contributed by atoms with Gasteiger partial charge in [-0.05, 0) is 66.3 Å². The van der Waals surface area contributed by atoms with Gasteiger partial charge in [0.25, 0.3) is 5.52 Å². The number of unbranched alkanes of at least 4 members (excludes halogenated alkanes) is 2. The number of hydrogen-bond acceptors (Lipinski definition) is 4. The van der Waals surface area contributed by atoms with Crippen LogP contribution in [0.4, 0.5) is 22.7 Å². The molecule has 0 unspecified atom stereocenters. The van der Waals surface area contributed by atoms with E-state index in [2.05, 4.69) is 140 Å². The van der Waals surface area contributed by atoms with Crippen LogP contribution in [0.2, 0.25) is 0 Å². The molecule has 4 aromatic carbocycles. The quantitative estimate of drug-likeness (QED) is 0.0504. The van der Waals surface area contributed by atoms with E-state index in [0.717, 1.165) is 55.2 Å². The highest BCUT2D eigenvalue weighted by atomic mass is 15.3. The van der Waals surface area contributed by atoms with E-state index in [1.807, 2.05) is 30.0 Å². The number of para-hydroxylation sites is 8. The van der Waals surface area contributed by atoms with Gasteiger partial charge >= 0.3 is 11.6 Å². The van der Waals surface area contributed by atoms with Crippen molar-refractivity contribution < 1.29 is 9.13 Å². The Kier molecular flexibility index (Phi) is 8.48. The fourth-order valence-electron chi connectivity index (χ4n) is 6.96. The maximum atomic E-state index is 4.52. The lowest BCUT2D eigenvalue weighted by Gasteiger charge is -2.40. The lowest BCUT2D eigenvalue weighted by Crippen LogP contribution is -2.33. The Labute approximate surface area is 277 Å². The van der Waals surface area contributed by atoms with E-state index < -0.39 is 0 Å². The molecule has 0 N–H and O–H groups in total. The van der Waals surface area contributed by atoms with Gasteiger partial charge in [0.1, 0.15) is 6.21 Å². The molecule has 0 bridgehead atoms. The number of hydrogen-bond donors (Lipinski definition) is 0. The van der Waals surface area contributed by atoms with E-state index in [9.17, 15) is 0 Å². The van der Waals surface area contributed by atoms with Crippen molar-refractivity contribution in [1.29, 1.82) is 0 Å². The minimum atomic E-state index is 0.877. The maximum absolute atomic E-state index is 4.52. The predicted octanol–water partition coefficient (Wildman–Crippen LogP) is 7.21. The molecule has 47 heavy (non-hydrogen) atoms. The van der Waals surface area contributed by atoms with Crippen molar-refractivity contribution in [2.75, 3.05) is 22.9 Å². The highest BCUT2D eigenvalue weighted by Crippen LogP contribution is 2.47. The zero-order valence-corrected chi connectivity index (χ0v) is 27.6. The summed E-state index contributed by atoms with van der Waals surface area (Å²) in [6, 6.07) is 34.5. The van der Waals surface area contributed by atoms with Crippen molar-refractivity contribution in [1.82, 2.24) is 9.13 Å². The zero-order valence-electron chi connectivity index (χ0n) is 27.6. The van der Waals surface area contributed by atoms with Crippen LogP contribution in [0.5, 0.6) is 0 Å². The molecular weight excluding hydrogens is 580 g/mol. The van der Waals surface area contributed by atoms with Crippen LogP contribution < -0.4 is 18.9 Å². The molecule has 0 spiro atoms. The predicted molar refractivity (Wildman–Crippen MR) is 193 cm³/mol. The van der Waals surface area contributed by atoms with Crippen LogP contribution in [-0.2, 0) is 20.6 Å². The Balaban J connectivity index is 1.11. The fourth-order valence-corrected chi connectivity index (χ4v) is 6.96. The van der Waals surface area contributed by atoms with Gasteiger partial charge in [0.15, 0.2) is 24.3 Å². The van der Waals surface area contributed by atoms with Gasteiger partial charge in [-0.2, -0.15) is 4.57 Å². The number of imidazole rings is 2. The van der Waals surface area contributed by atoms with Crippen molar-refractivity contribution in [3.8, 4) is 0 Å². The van der Waals surface area contributed by atoms with Crippen LogP contribution in [0.25, 0.3) is 22.1 Å². The monoisotopic (exact) mass is 623 g/mol. The van der Waals surface area contributed by atoms with Crippen molar-refractivity contribution in [3.05, 3.63) is 116 Å². The maximum Gasteiger partial charge on any atom is 0.407 e. The fraction of sp³-hybridized carbons (Fsp3) is 0.256. The summed E-state index contributed by atoms with van der Waals surface area (Å²) in [7, 11) is 8.34. The topological polar surface area (TPSA) is 48.8 Å². The summed E-state index contributed by atoms with van der Waals surface area (Å²) in [5.74, 6) is 1.89. The van der Waals surface area contributed by atoms with E-state index >= 15 is 0 Å². The highest BCUT2D eigenvalue weighted by Gasteiger charge is 2.28. The van der Waals surface area contributed by atoms with Crippen LogP contribution in [0.3, 0.4) is 0 Å². The van der Waals surface area contributed by atoms with Gasteiger partial charge in [-0.1, -0.05) is 55.8 Å². The highest BCUT2D eigenvalue weighted by molar-refractivity contribution is 5.93. The molecule has 0 radical (unpaired) electrons. The largest absolute Gasteiger partial charge is 0.407 e. The van der Waals surface area contributed by atoms with Gasteiger partial charge in [0.05, 0.1) is 43.4 Å². The lowest BCUT2D eigenvalue weighted by molar-refractivity contribution is -0.646. The number of aromatic nitrogens is 4. The molecule has 8 nitrogen and oxygen atoms in total. The van der Waals surface area contributed by atoms with Gasteiger partial charge < -0.3 is 9.80 Å². The molecule has 0 fully saturated rings. The second kappa shape index (κ2) is 13.2. The van der Waals surface area contributed by atoms with E-state index in [0.29, 0.717) is 0 Å². The molecule has 0 atom stereocenters. The Bertz CT molecular complexity index is 2010. The number of aryl methyl sites for hydroxylation is 3. The average molecular weight is 624 g/mol. The Morgan fingerprint density at radius 2 is 1.02 bits per heavy atom. The summed E-state index contributed by atoms with van der Waals surface area (Å²) in [6.07, 6.45) is 8.06. The third-order valence-corrected chi connectivity index (χ3v) is 9.40. The summed E-state index contributed by atoms with van der Waals surface area (Å²) in [6.45, 7) is 5.12. The van der Waals surface area contributed by atoms with Crippen LogP contribution in [0.1, 0.15) is 44.3 Å². The van der Waals surface area contributed by atoms with Gasteiger partial charge in [-0.15, -0.1) is 10.2 Å². The van der Waals surface area contributed by atoms with Crippen molar-refractivity contribution >= 4 is 57.2 Å². The molecule has 2 aromatic heterocycles. The normalized spacial score (nSPS) is 13.0. The van der Waals surface area contributed by atoms with E-state index in [-0.39, 0.29) is 0 Å². The molecule has 3 heterocycles. The van der Waals surface area contributed by atoms with E-state index in [1.54, 1.807) is 6.21 Å². The van der Waals surface area contributed by atoms with E-state index in [1.165, 1.54) is 46.6 Å². The summed E-state index contributed by atoms with van der Waals surface area (Å²) in [5, 5.41) is 8.98. The van der Waals surface area contributed by atoms with Crippen LogP contribution in [0.15, 0.2) is 107 Å². The molecule has 0 amide bonds. The molecule has 0 aliphatic carbocycles. The first-order chi connectivity index (χ1) is 23.1. The molecule has 236 valence electrons. The lowest BCUT2D eigenvalue weighted by atomic mass is 10.1. The molecule has 1 aliphatic heterocycles. The van der Waals surface area contributed by atoms with Crippen LogP contribution in [0, 0.1) is 7.05 Å². The van der Waals surface area contributed by atoms with E-state index in [4.69, 9.17) is 0 Å². The number of nitrogens with zero attached hydrogens (tertiary/aromatic N) is 8. The summed E-state index contributed by atoms with van der Waals surface area (Å²) in [4.78, 5) is 5.02. The standard InChI is InChI=1S/C39H43N8/c1-5-6-25-45-34-21-11-13-23-36(34)46(37-24-14-12-22-35(37)45)26-15-16-27-47-33-20-10-9-19-32(33)44(4)39(47)29-41-40-28-38-42(2)30-17-7-8-18-31(30)43(38)3/h7-14,17-24,28-29H,2,5-6,15-16,25-27H2,1,3-4H3/q+3. The third-order valence-electron chi connectivity index (χ3n) is 9.40. The molecule has 1 aliphatic rings. The van der Waals surface area contributed by atoms with Crippen molar-refractivity contribution in [2.45, 2.75) is 39.2 Å². The third kappa shape index (κ3) is 5.54. The first-order valence-electron chi connectivity index (χ1n) is 16.7. The minimum Gasteiger partial charge on any atom is -0.338 e. The smallest absolute Gasteiger partial charge is 0.338 e. The number of fused-ring (bicyclic) bond motifs is 4. The number of rotatable bonds is 11. The Morgan fingerprint density at radius 1 is 0.574 bits per heavy atom. The molecule has 0 saturated carbocycles. The minimum absolute atomic E-state index is 0.877. The second-order valence-electron chi connectivity index (χ2n) is 12.2. The van der Waals surface area contributed by atoms with Crippen LogP contribution in [-0.4, -0.2) is 34.7 Å². The van der Waals surface area contributed by atoms with Gasteiger partial charge in [0.2, 0.25) is 5.52 Å². The summed E-state index contributed by atoms with van der Waals surface area (Å²) < 4.78 is 8.56. The first-order valence-corrected chi connectivity index (χ1v) is 16.7. The van der Waals surface area contributed by atoms with Crippen molar-refractivity contribution in [3.63, 3.8) is 0 Å². The van der Waals surface area contributed by atoms with Gasteiger partial charge in [-0.3, -0.25) is 0 Å². The molecule has 6 aromatic rings. The Hall–Kier alpha value is -5.37. The number of benzene rings is 4. The van der Waals surface area contributed by atoms with Gasteiger partial charge in [0, 0.05) is 25.2 Å². The molecule has 0 saturated heterocycles. The number of anilines is 4. The SMILES string of the molecule is [CH2+]n1c(/C=N/N=C/c2n(CCCCN3c4ccccc4N(CCCC)c4ccccc43)c3ccccc3[n+]2C)[n+](C)c2ccccc21. The van der Waals surface area contributed by atoms with Crippen LogP contribution >= 0.6 is 0 Å². The summed E-state index contributed by atoms with van der Waals surface area (Å²) in [5.41, 5.74) is 9.71. The Morgan fingerprint density at radius 3 is 1.60 bits per heavy atom. The molecule has 8 heteroatoms. The van der Waals surface area contributed by atoms with Crippen molar-refractivity contribution in [2.24, 2.45) is 24.3 Å². The van der Waals surface area contributed by atoms with Gasteiger partial charge in [-0.25, -0.2) is 9.13 Å². The molecular formula is C39H43N8+3. The molecule has 7 rings (SSSR count). The zero-order chi connectivity index (χ0) is 32.3.